The molecule has 0 bridgehead atoms. The quantitative estimate of drug-likeness (QED) is 0.514. The first kappa shape index (κ1) is 17.3. The van der Waals surface area contributed by atoms with Crippen molar-refractivity contribution in [1.82, 2.24) is 30.0 Å². The Balaban J connectivity index is 1.26. The number of tetrazole rings is 1. The van der Waals surface area contributed by atoms with Crippen molar-refractivity contribution >= 4 is 54.0 Å². The van der Waals surface area contributed by atoms with Crippen LogP contribution in [0.4, 0.5) is 0 Å². The van der Waals surface area contributed by atoms with Gasteiger partial charge in [0.2, 0.25) is 5.91 Å². The number of fused-ring (bicyclic) bond motifs is 3. The Morgan fingerprint density at radius 2 is 1.79 bits per heavy atom. The highest BCUT2D eigenvalue weighted by atomic mass is 32.1. The standard InChI is InChI=1S/C18H16N6O2S2/c25-16(10-24-11-19-20-21-24)22-5-7-23(8-6-22)18(26)15-9-14-17(28-15)12-3-1-2-4-13(12)27-14/h1-4,9,11H,5-8,10H2. The van der Waals surface area contributed by atoms with Crippen LogP contribution in [0, 0.1) is 0 Å². The predicted molar refractivity (Wildman–Crippen MR) is 108 cm³/mol. The van der Waals surface area contributed by atoms with Gasteiger partial charge < -0.3 is 9.80 Å². The maximum atomic E-state index is 12.9. The van der Waals surface area contributed by atoms with Crippen LogP contribution >= 0.6 is 22.7 Å². The molecular formula is C18H16N6O2S2. The van der Waals surface area contributed by atoms with Gasteiger partial charge in [0, 0.05) is 41.0 Å². The van der Waals surface area contributed by atoms with Gasteiger partial charge in [-0.15, -0.1) is 27.8 Å². The number of hydrogen-bond donors (Lipinski definition) is 0. The summed E-state index contributed by atoms with van der Waals surface area (Å²) in [5, 5.41) is 12.0. The van der Waals surface area contributed by atoms with Crippen molar-refractivity contribution in [1.29, 1.82) is 0 Å². The molecule has 2 amide bonds. The van der Waals surface area contributed by atoms with E-state index in [0.29, 0.717) is 26.2 Å². The van der Waals surface area contributed by atoms with E-state index in [1.165, 1.54) is 25.8 Å². The fourth-order valence-corrected chi connectivity index (χ4v) is 5.90. The average molecular weight is 413 g/mol. The maximum absolute atomic E-state index is 12.9. The van der Waals surface area contributed by atoms with Crippen LogP contribution in [-0.4, -0.2) is 68.0 Å². The van der Waals surface area contributed by atoms with Crippen LogP contribution in [-0.2, 0) is 11.3 Å². The van der Waals surface area contributed by atoms with Crippen molar-refractivity contribution in [3.8, 4) is 0 Å². The molecule has 4 heterocycles. The normalized spacial score (nSPS) is 14.9. The number of carbonyl (C=O) groups excluding carboxylic acids is 2. The number of thiophene rings is 2. The molecule has 4 aromatic rings. The minimum atomic E-state index is -0.0393. The number of piperazine rings is 1. The third-order valence-electron chi connectivity index (χ3n) is 4.87. The fraction of sp³-hybridized carbons (Fsp3) is 0.278. The van der Waals surface area contributed by atoms with Crippen molar-refractivity contribution in [3.05, 3.63) is 41.5 Å². The fourth-order valence-electron chi connectivity index (χ4n) is 3.41. The van der Waals surface area contributed by atoms with Gasteiger partial charge in [0.1, 0.15) is 12.9 Å². The SMILES string of the molecule is O=C(Cn1cnnn1)N1CCN(C(=O)c2cc3sc4ccccc4c3s2)CC1. The van der Waals surface area contributed by atoms with Gasteiger partial charge in [0.05, 0.1) is 9.58 Å². The van der Waals surface area contributed by atoms with Crippen LogP contribution in [0.25, 0.3) is 19.5 Å². The van der Waals surface area contributed by atoms with E-state index in [-0.39, 0.29) is 18.4 Å². The Morgan fingerprint density at radius 1 is 1.00 bits per heavy atom. The van der Waals surface area contributed by atoms with E-state index in [1.54, 1.807) is 27.6 Å². The third kappa shape index (κ3) is 3.04. The molecule has 0 atom stereocenters. The zero-order chi connectivity index (χ0) is 19.1. The lowest BCUT2D eigenvalue weighted by Crippen LogP contribution is -2.51. The molecule has 0 N–H and O–H groups in total. The monoisotopic (exact) mass is 412 g/mol. The second-order valence-electron chi connectivity index (χ2n) is 6.58. The highest BCUT2D eigenvalue weighted by molar-refractivity contribution is 7.33. The number of aromatic nitrogens is 4. The number of hydrogen-bond acceptors (Lipinski definition) is 7. The minimum absolute atomic E-state index is 0.0393. The number of benzene rings is 1. The largest absolute Gasteiger partial charge is 0.338 e. The third-order valence-corrected chi connectivity index (χ3v) is 7.27. The van der Waals surface area contributed by atoms with E-state index in [9.17, 15) is 9.59 Å². The van der Waals surface area contributed by atoms with Gasteiger partial charge in [-0.05, 0) is 22.6 Å². The summed E-state index contributed by atoms with van der Waals surface area (Å²) in [6, 6.07) is 10.3. The van der Waals surface area contributed by atoms with Crippen molar-refractivity contribution in [2.24, 2.45) is 0 Å². The Kier molecular flexibility index (Phi) is 4.29. The van der Waals surface area contributed by atoms with Crippen LogP contribution in [0.5, 0.6) is 0 Å². The van der Waals surface area contributed by atoms with Gasteiger partial charge in [-0.2, -0.15) is 0 Å². The number of nitrogens with zero attached hydrogens (tertiary/aromatic N) is 6. The van der Waals surface area contributed by atoms with Gasteiger partial charge in [0.25, 0.3) is 5.91 Å². The van der Waals surface area contributed by atoms with Crippen molar-refractivity contribution in [3.63, 3.8) is 0 Å². The van der Waals surface area contributed by atoms with Crippen LogP contribution < -0.4 is 0 Å². The van der Waals surface area contributed by atoms with Crippen LogP contribution in [0.1, 0.15) is 9.67 Å². The molecule has 142 valence electrons. The Hall–Kier alpha value is -2.85. The summed E-state index contributed by atoms with van der Waals surface area (Å²) in [6.45, 7) is 2.24. The lowest BCUT2D eigenvalue weighted by Gasteiger charge is -2.34. The summed E-state index contributed by atoms with van der Waals surface area (Å²) in [6.07, 6.45) is 1.42. The van der Waals surface area contributed by atoms with Crippen molar-refractivity contribution in [2.45, 2.75) is 6.54 Å². The van der Waals surface area contributed by atoms with Gasteiger partial charge in [-0.25, -0.2) is 4.68 Å². The molecule has 0 radical (unpaired) electrons. The highest BCUT2D eigenvalue weighted by Crippen LogP contribution is 2.39. The second kappa shape index (κ2) is 6.95. The van der Waals surface area contributed by atoms with E-state index in [2.05, 4.69) is 27.7 Å². The molecule has 1 saturated heterocycles. The molecule has 3 aromatic heterocycles. The predicted octanol–water partition coefficient (Wildman–Crippen LogP) is 2.09. The van der Waals surface area contributed by atoms with Crippen LogP contribution in [0.3, 0.4) is 0 Å². The first-order valence-electron chi connectivity index (χ1n) is 8.88. The lowest BCUT2D eigenvalue weighted by atomic mass is 10.2. The average Bonchev–Trinajstić information content (AvgIpc) is 3.43. The van der Waals surface area contributed by atoms with E-state index in [4.69, 9.17) is 0 Å². The molecule has 1 aromatic carbocycles. The van der Waals surface area contributed by atoms with Gasteiger partial charge in [-0.3, -0.25) is 9.59 Å². The smallest absolute Gasteiger partial charge is 0.264 e. The topological polar surface area (TPSA) is 84.2 Å². The summed E-state index contributed by atoms with van der Waals surface area (Å²) in [5.74, 6) is 0.00700. The Morgan fingerprint density at radius 3 is 2.57 bits per heavy atom. The molecule has 10 heteroatoms. The first-order chi connectivity index (χ1) is 13.7. The molecule has 1 aliphatic heterocycles. The lowest BCUT2D eigenvalue weighted by molar-refractivity contribution is -0.133. The Bertz CT molecular complexity index is 1160. The molecule has 0 aliphatic carbocycles. The van der Waals surface area contributed by atoms with Crippen molar-refractivity contribution < 1.29 is 9.59 Å². The molecule has 5 rings (SSSR count). The molecule has 0 unspecified atom stereocenters. The van der Waals surface area contributed by atoms with E-state index in [1.807, 2.05) is 23.1 Å². The molecule has 1 aliphatic rings. The summed E-state index contributed by atoms with van der Waals surface area (Å²) in [7, 11) is 0. The maximum Gasteiger partial charge on any atom is 0.264 e. The second-order valence-corrected chi connectivity index (χ2v) is 8.72. The number of rotatable bonds is 3. The zero-order valence-corrected chi connectivity index (χ0v) is 16.4. The van der Waals surface area contributed by atoms with Gasteiger partial charge in [0.15, 0.2) is 0 Å². The van der Waals surface area contributed by atoms with Crippen molar-refractivity contribution in [2.75, 3.05) is 26.2 Å². The molecular weight excluding hydrogens is 396 g/mol. The number of amides is 2. The van der Waals surface area contributed by atoms with Gasteiger partial charge in [-0.1, -0.05) is 18.2 Å². The summed E-state index contributed by atoms with van der Waals surface area (Å²) in [5.41, 5.74) is 0. The summed E-state index contributed by atoms with van der Waals surface area (Å²) < 4.78 is 4.99. The van der Waals surface area contributed by atoms with Crippen LogP contribution in [0.2, 0.25) is 0 Å². The number of carbonyl (C=O) groups is 2. The minimum Gasteiger partial charge on any atom is -0.338 e. The first-order valence-corrected chi connectivity index (χ1v) is 10.5. The molecule has 8 nitrogen and oxygen atoms in total. The molecule has 28 heavy (non-hydrogen) atoms. The molecule has 1 fully saturated rings. The van der Waals surface area contributed by atoms with E-state index >= 15 is 0 Å². The van der Waals surface area contributed by atoms with Gasteiger partial charge >= 0.3 is 0 Å². The van der Waals surface area contributed by atoms with E-state index < -0.39 is 0 Å². The zero-order valence-electron chi connectivity index (χ0n) is 14.8. The summed E-state index contributed by atoms with van der Waals surface area (Å²) >= 11 is 3.28. The Labute approximate surface area is 168 Å². The molecule has 0 spiro atoms. The molecule has 0 saturated carbocycles. The van der Waals surface area contributed by atoms with Crippen LogP contribution in [0.15, 0.2) is 36.7 Å². The summed E-state index contributed by atoms with van der Waals surface area (Å²) in [4.78, 5) is 29.6. The van der Waals surface area contributed by atoms with E-state index in [0.717, 1.165) is 9.58 Å². The highest BCUT2D eigenvalue weighted by Gasteiger charge is 2.26.